The summed E-state index contributed by atoms with van der Waals surface area (Å²) in [5.74, 6) is 1.36. The number of nitrogens with zero attached hydrogens (tertiary/aromatic N) is 4. The fourth-order valence-corrected chi connectivity index (χ4v) is 1.92. The average molecular weight is 272 g/mol. The molecule has 6 nitrogen and oxygen atoms in total. The van der Waals surface area contributed by atoms with Gasteiger partial charge in [-0.05, 0) is 32.1 Å². The third-order valence-electron chi connectivity index (χ3n) is 2.80. The van der Waals surface area contributed by atoms with E-state index in [1.54, 1.807) is 0 Å². The fraction of sp³-hybridized carbons (Fsp3) is 0.357. The van der Waals surface area contributed by atoms with Crippen molar-refractivity contribution >= 4 is 17.6 Å². The minimum atomic E-state index is 0.230. The van der Waals surface area contributed by atoms with Crippen molar-refractivity contribution in [2.75, 3.05) is 25.1 Å². The van der Waals surface area contributed by atoms with Crippen molar-refractivity contribution in [1.82, 2.24) is 19.9 Å². The summed E-state index contributed by atoms with van der Waals surface area (Å²) in [6.45, 7) is 2.73. The number of benzene rings is 1. The second kappa shape index (κ2) is 6.29. The molecule has 0 spiro atoms. The number of aryl methyl sites for hydroxylation is 1. The summed E-state index contributed by atoms with van der Waals surface area (Å²) in [6.07, 6.45) is 0.939. The molecular weight excluding hydrogens is 252 g/mol. The van der Waals surface area contributed by atoms with Gasteiger partial charge in [0.2, 0.25) is 11.9 Å². The van der Waals surface area contributed by atoms with E-state index in [1.165, 1.54) is 5.56 Å². The van der Waals surface area contributed by atoms with Crippen LogP contribution in [0.4, 0.5) is 17.6 Å². The van der Waals surface area contributed by atoms with Gasteiger partial charge >= 0.3 is 0 Å². The van der Waals surface area contributed by atoms with Crippen LogP contribution in [0.25, 0.3) is 0 Å². The molecule has 0 aliphatic rings. The number of para-hydroxylation sites is 1. The summed E-state index contributed by atoms with van der Waals surface area (Å²) in [4.78, 5) is 14.6. The van der Waals surface area contributed by atoms with E-state index in [0.29, 0.717) is 18.3 Å². The fourth-order valence-electron chi connectivity index (χ4n) is 1.92. The van der Waals surface area contributed by atoms with Crippen molar-refractivity contribution in [2.45, 2.75) is 19.9 Å². The van der Waals surface area contributed by atoms with Crippen molar-refractivity contribution in [3.05, 3.63) is 35.7 Å². The molecule has 6 heteroatoms. The zero-order valence-corrected chi connectivity index (χ0v) is 12.1. The van der Waals surface area contributed by atoms with E-state index < -0.39 is 0 Å². The van der Waals surface area contributed by atoms with Crippen LogP contribution in [-0.2, 0) is 13.0 Å². The molecule has 0 fully saturated rings. The predicted molar refractivity (Wildman–Crippen MR) is 80.7 cm³/mol. The molecule has 0 unspecified atom stereocenters. The molecule has 0 saturated heterocycles. The smallest absolute Gasteiger partial charge is 0.232 e. The Balaban J connectivity index is 2.26. The molecule has 1 heterocycles. The Morgan fingerprint density at radius 3 is 2.60 bits per heavy atom. The van der Waals surface area contributed by atoms with Gasteiger partial charge in [-0.3, -0.25) is 0 Å². The van der Waals surface area contributed by atoms with Crippen LogP contribution < -0.4 is 11.1 Å². The molecule has 2 rings (SSSR count). The van der Waals surface area contributed by atoms with Gasteiger partial charge in [-0.25, -0.2) is 0 Å². The lowest BCUT2D eigenvalue weighted by molar-refractivity contribution is 0.390. The van der Waals surface area contributed by atoms with Crippen LogP contribution in [-0.4, -0.2) is 33.9 Å². The van der Waals surface area contributed by atoms with Crippen LogP contribution in [0.2, 0.25) is 0 Å². The van der Waals surface area contributed by atoms with Crippen molar-refractivity contribution in [2.24, 2.45) is 0 Å². The van der Waals surface area contributed by atoms with E-state index in [1.807, 2.05) is 37.2 Å². The predicted octanol–water partition coefficient (Wildman–Crippen LogP) is 1.82. The number of nitrogen functional groups attached to an aromatic ring is 1. The molecule has 0 aliphatic heterocycles. The summed E-state index contributed by atoms with van der Waals surface area (Å²) in [6, 6.07) is 8.08. The SMILES string of the molecule is CCc1ccccc1Nc1nc(N)nc(CN(C)C)n1. The average Bonchev–Trinajstić information content (AvgIpc) is 2.37. The molecule has 0 amide bonds. The maximum Gasteiger partial charge on any atom is 0.232 e. The van der Waals surface area contributed by atoms with Gasteiger partial charge in [0.25, 0.3) is 0 Å². The van der Waals surface area contributed by atoms with E-state index in [9.17, 15) is 0 Å². The minimum Gasteiger partial charge on any atom is -0.368 e. The molecular formula is C14H20N6. The number of rotatable bonds is 5. The lowest BCUT2D eigenvalue weighted by Gasteiger charge is -2.12. The molecule has 2 aromatic rings. The molecule has 20 heavy (non-hydrogen) atoms. The second-order valence-corrected chi connectivity index (χ2v) is 4.81. The van der Waals surface area contributed by atoms with E-state index >= 15 is 0 Å². The van der Waals surface area contributed by atoms with Crippen molar-refractivity contribution < 1.29 is 0 Å². The van der Waals surface area contributed by atoms with Crippen molar-refractivity contribution in [1.29, 1.82) is 0 Å². The first-order valence-electron chi connectivity index (χ1n) is 6.58. The Bertz CT molecular complexity index is 582. The summed E-state index contributed by atoms with van der Waals surface area (Å²) in [5, 5.41) is 3.22. The van der Waals surface area contributed by atoms with E-state index in [-0.39, 0.29) is 5.95 Å². The Morgan fingerprint density at radius 1 is 1.15 bits per heavy atom. The van der Waals surface area contributed by atoms with E-state index in [4.69, 9.17) is 5.73 Å². The zero-order chi connectivity index (χ0) is 14.5. The first-order valence-corrected chi connectivity index (χ1v) is 6.58. The minimum absolute atomic E-state index is 0.230. The molecule has 0 atom stereocenters. The zero-order valence-electron chi connectivity index (χ0n) is 12.1. The maximum absolute atomic E-state index is 5.74. The van der Waals surface area contributed by atoms with E-state index in [2.05, 4.69) is 33.3 Å². The topological polar surface area (TPSA) is 80.0 Å². The van der Waals surface area contributed by atoms with Crippen LogP contribution in [0.15, 0.2) is 24.3 Å². The normalized spacial score (nSPS) is 10.8. The molecule has 106 valence electrons. The summed E-state index contributed by atoms with van der Waals surface area (Å²) >= 11 is 0. The van der Waals surface area contributed by atoms with E-state index in [0.717, 1.165) is 12.1 Å². The number of hydrogen-bond donors (Lipinski definition) is 2. The number of nitrogens with two attached hydrogens (primary N) is 1. The molecule has 0 saturated carbocycles. The lowest BCUT2D eigenvalue weighted by Crippen LogP contribution is -2.16. The first-order chi connectivity index (χ1) is 9.58. The van der Waals surface area contributed by atoms with Gasteiger partial charge in [0.15, 0.2) is 0 Å². The molecule has 1 aromatic carbocycles. The van der Waals surface area contributed by atoms with Crippen LogP contribution in [0.5, 0.6) is 0 Å². The molecule has 1 aromatic heterocycles. The van der Waals surface area contributed by atoms with Gasteiger partial charge in [-0.2, -0.15) is 15.0 Å². The molecule has 0 aliphatic carbocycles. The third-order valence-corrected chi connectivity index (χ3v) is 2.80. The van der Waals surface area contributed by atoms with Crippen molar-refractivity contribution in [3.8, 4) is 0 Å². The monoisotopic (exact) mass is 272 g/mol. The highest BCUT2D eigenvalue weighted by Gasteiger charge is 2.07. The number of nitrogens with one attached hydrogen (secondary N) is 1. The van der Waals surface area contributed by atoms with Crippen molar-refractivity contribution in [3.63, 3.8) is 0 Å². The lowest BCUT2D eigenvalue weighted by atomic mass is 10.1. The van der Waals surface area contributed by atoms with Crippen LogP contribution in [0, 0.1) is 0 Å². The first kappa shape index (κ1) is 14.2. The largest absolute Gasteiger partial charge is 0.368 e. The van der Waals surface area contributed by atoms with Gasteiger partial charge < -0.3 is 16.0 Å². The Hall–Kier alpha value is -2.21. The Kier molecular flexibility index (Phi) is 4.47. The van der Waals surface area contributed by atoms with Crippen LogP contribution in [0.1, 0.15) is 18.3 Å². The second-order valence-electron chi connectivity index (χ2n) is 4.81. The molecule has 0 bridgehead atoms. The number of anilines is 3. The highest BCUT2D eigenvalue weighted by atomic mass is 15.2. The Labute approximate surface area is 119 Å². The molecule has 0 radical (unpaired) electrons. The van der Waals surface area contributed by atoms with Crippen LogP contribution in [0.3, 0.4) is 0 Å². The van der Waals surface area contributed by atoms with Gasteiger partial charge in [-0.1, -0.05) is 25.1 Å². The number of aromatic nitrogens is 3. The van der Waals surface area contributed by atoms with Gasteiger partial charge in [0.05, 0.1) is 6.54 Å². The van der Waals surface area contributed by atoms with Crippen LogP contribution >= 0.6 is 0 Å². The Morgan fingerprint density at radius 2 is 1.90 bits per heavy atom. The molecule has 3 N–H and O–H groups in total. The standard InChI is InChI=1S/C14H20N6/c1-4-10-7-5-6-8-11(10)16-14-18-12(9-20(2)3)17-13(15)19-14/h5-8H,4,9H2,1-3H3,(H3,15,16,17,18,19). The third kappa shape index (κ3) is 3.64. The van der Waals surface area contributed by atoms with Gasteiger partial charge in [0.1, 0.15) is 5.82 Å². The van der Waals surface area contributed by atoms with Gasteiger partial charge in [-0.15, -0.1) is 0 Å². The highest BCUT2D eigenvalue weighted by molar-refractivity contribution is 5.58. The summed E-state index contributed by atoms with van der Waals surface area (Å²) in [5.41, 5.74) is 7.94. The summed E-state index contributed by atoms with van der Waals surface area (Å²) in [7, 11) is 3.92. The van der Waals surface area contributed by atoms with Gasteiger partial charge in [0, 0.05) is 5.69 Å². The highest BCUT2D eigenvalue weighted by Crippen LogP contribution is 2.19. The maximum atomic E-state index is 5.74. The quantitative estimate of drug-likeness (QED) is 0.864. The summed E-state index contributed by atoms with van der Waals surface area (Å²) < 4.78 is 0. The number of hydrogen-bond acceptors (Lipinski definition) is 6.